The van der Waals surface area contributed by atoms with Crippen molar-refractivity contribution in [3.8, 4) is 0 Å². The number of thioether (sulfide) groups is 2. The average Bonchev–Trinajstić information content (AvgIpc) is 3.23. The Balaban J connectivity index is 1.60. The van der Waals surface area contributed by atoms with Gasteiger partial charge in [0.25, 0.3) is 5.91 Å². The fourth-order valence-electron chi connectivity index (χ4n) is 2.86. The fourth-order valence-corrected chi connectivity index (χ4v) is 5.95. The molecule has 10 heteroatoms. The van der Waals surface area contributed by atoms with E-state index in [1.807, 2.05) is 35.7 Å². The molecule has 0 aliphatic carbocycles. The van der Waals surface area contributed by atoms with E-state index in [1.165, 1.54) is 18.0 Å². The highest BCUT2D eigenvalue weighted by molar-refractivity contribution is 8.19. The zero-order valence-electron chi connectivity index (χ0n) is 15.8. The number of rotatable bonds is 5. The second kappa shape index (κ2) is 9.53. The van der Waals surface area contributed by atoms with Gasteiger partial charge in [-0.15, -0.1) is 23.5 Å². The van der Waals surface area contributed by atoms with E-state index in [0.29, 0.717) is 10.1 Å². The molecule has 0 radical (unpaired) electrons. The number of hydrogen-bond acceptors (Lipinski definition) is 4. The number of hydrogen-bond donors (Lipinski definition) is 1. The summed E-state index contributed by atoms with van der Waals surface area (Å²) in [5.41, 5.74) is 0.495. The third-order valence-corrected chi connectivity index (χ3v) is 7.77. The molecule has 2 amide bonds. The Hall–Kier alpha value is -1.84. The molecule has 2 aromatic rings. The van der Waals surface area contributed by atoms with E-state index in [2.05, 4.69) is 5.32 Å². The van der Waals surface area contributed by atoms with Crippen molar-refractivity contribution in [2.45, 2.75) is 10.8 Å². The van der Waals surface area contributed by atoms with Crippen LogP contribution in [0.15, 0.2) is 42.5 Å². The first-order valence-corrected chi connectivity index (χ1v) is 11.4. The molecule has 1 aliphatic rings. The van der Waals surface area contributed by atoms with Crippen LogP contribution in [-0.2, 0) is 11.0 Å². The van der Waals surface area contributed by atoms with E-state index < -0.39 is 22.7 Å². The zero-order valence-corrected chi connectivity index (χ0v) is 18.2. The smallest absolute Gasteiger partial charge is 0.332 e. The molecule has 1 N–H and O–H groups in total. The minimum atomic E-state index is -4.63. The normalized spacial score (nSPS) is 14.6. The SMILES string of the molecule is CN(CC(=O)Nc1ccc(Cl)c(C(F)(F)F)c1)C(=O)c1ccc(C2SCCS2)cc1. The lowest BCUT2D eigenvalue weighted by atomic mass is 10.1. The summed E-state index contributed by atoms with van der Waals surface area (Å²) in [5, 5.41) is 1.91. The Morgan fingerprint density at radius 1 is 1.13 bits per heavy atom. The van der Waals surface area contributed by atoms with Crippen molar-refractivity contribution in [2.75, 3.05) is 30.4 Å². The van der Waals surface area contributed by atoms with Gasteiger partial charge in [-0.25, -0.2) is 0 Å². The molecule has 1 heterocycles. The number of benzene rings is 2. The van der Waals surface area contributed by atoms with Gasteiger partial charge in [-0.3, -0.25) is 9.59 Å². The molecular formula is C20H18ClF3N2O2S2. The van der Waals surface area contributed by atoms with Gasteiger partial charge in [0, 0.05) is 29.8 Å². The molecule has 1 aliphatic heterocycles. The van der Waals surface area contributed by atoms with Crippen molar-refractivity contribution < 1.29 is 22.8 Å². The summed E-state index contributed by atoms with van der Waals surface area (Å²) >= 11 is 9.30. The van der Waals surface area contributed by atoms with Crippen molar-refractivity contribution >= 4 is 52.6 Å². The van der Waals surface area contributed by atoms with Gasteiger partial charge in [0.1, 0.15) is 0 Å². The Morgan fingerprint density at radius 3 is 2.37 bits per heavy atom. The van der Waals surface area contributed by atoms with E-state index in [0.717, 1.165) is 29.2 Å². The standard InChI is InChI=1S/C20H18ClF3N2O2S2/c1-26(18(28)12-2-4-13(5-3-12)19-29-8-9-30-19)11-17(27)25-14-6-7-16(21)15(10-14)20(22,23)24/h2-7,10,19H,8-9,11H2,1H3,(H,25,27). The van der Waals surface area contributed by atoms with E-state index in [1.54, 1.807) is 12.1 Å². The van der Waals surface area contributed by atoms with Crippen LogP contribution in [0.1, 0.15) is 26.1 Å². The van der Waals surface area contributed by atoms with Crippen LogP contribution in [-0.4, -0.2) is 41.8 Å². The predicted octanol–water partition coefficient (Wildman–Crippen LogP) is 5.55. The molecule has 2 aromatic carbocycles. The first-order chi connectivity index (χ1) is 14.1. The Labute approximate surface area is 185 Å². The largest absolute Gasteiger partial charge is 0.417 e. The minimum absolute atomic E-state index is 0.0477. The third-order valence-electron chi connectivity index (χ3n) is 4.33. The highest BCUT2D eigenvalue weighted by Crippen LogP contribution is 2.45. The number of likely N-dealkylation sites (N-methyl/N-ethyl adjacent to an activating group) is 1. The second-order valence-electron chi connectivity index (χ2n) is 6.60. The molecule has 0 unspecified atom stereocenters. The number of amides is 2. The van der Waals surface area contributed by atoms with Gasteiger partial charge in [-0.05, 0) is 35.9 Å². The van der Waals surface area contributed by atoms with E-state index in [4.69, 9.17) is 11.6 Å². The molecule has 3 rings (SSSR count). The van der Waals surface area contributed by atoms with E-state index in [-0.39, 0.29) is 18.1 Å². The first kappa shape index (κ1) is 22.8. The summed E-state index contributed by atoms with van der Waals surface area (Å²) in [4.78, 5) is 26.0. The number of carbonyl (C=O) groups excluding carboxylic acids is 2. The molecule has 0 bridgehead atoms. The van der Waals surface area contributed by atoms with Crippen LogP contribution >= 0.6 is 35.1 Å². The maximum absolute atomic E-state index is 12.9. The quantitative estimate of drug-likeness (QED) is 0.617. The van der Waals surface area contributed by atoms with Crippen molar-refractivity contribution in [1.29, 1.82) is 0 Å². The van der Waals surface area contributed by atoms with Crippen LogP contribution in [0.3, 0.4) is 0 Å². The average molecular weight is 475 g/mol. The molecule has 4 nitrogen and oxygen atoms in total. The molecular weight excluding hydrogens is 457 g/mol. The molecule has 0 aromatic heterocycles. The lowest BCUT2D eigenvalue weighted by molar-refractivity contribution is -0.137. The second-order valence-corrected chi connectivity index (χ2v) is 9.73. The lowest BCUT2D eigenvalue weighted by Gasteiger charge is -2.18. The van der Waals surface area contributed by atoms with Crippen LogP contribution in [0, 0.1) is 0 Å². The van der Waals surface area contributed by atoms with E-state index in [9.17, 15) is 22.8 Å². The number of alkyl halides is 3. The van der Waals surface area contributed by atoms with Gasteiger partial charge in [-0.1, -0.05) is 23.7 Å². The van der Waals surface area contributed by atoms with Crippen molar-refractivity contribution in [3.05, 3.63) is 64.2 Å². The van der Waals surface area contributed by atoms with Gasteiger partial charge in [-0.2, -0.15) is 13.2 Å². The first-order valence-electron chi connectivity index (χ1n) is 8.90. The van der Waals surface area contributed by atoms with Crippen molar-refractivity contribution in [3.63, 3.8) is 0 Å². The molecule has 160 valence electrons. The number of anilines is 1. The maximum atomic E-state index is 12.9. The number of halogens is 4. The van der Waals surface area contributed by atoms with E-state index >= 15 is 0 Å². The van der Waals surface area contributed by atoms with Crippen LogP contribution in [0.5, 0.6) is 0 Å². The topological polar surface area (TPSA) is 49.4 Å². The van der Waals surface area contributed by atoms with Gasteiger partial charge in [0.15, 0.2) is 0 Å². The predicted molar refractivity (Wildman–Crippen MR) is 116 cm³/mol. The number of carbonyl (C=O) groups is 2. The van der Waals surface area contributed by atoms with Gasteiger partial charge < -0.3 is 10.2 Å². The molecule has 1 fully saturated rings. The summed E-state index contributed by atoms with van der Waals surface area (Å²) in [5.74, 6) is 1.24. The third kappa shape index (κ3) is 5.65. The fraction of sp³-hybridized carbons (Fsp3) is 0.300. The zero-order chi connectivity index (χ0) is 21.9. The monoisotopic (exact) mass is 474 g/mol. The van der Waals surface area contributed by atoms with Crippen LogP contribution < -0.4 is 5.32 Å². The number of nitrogens with one attached hydrogen (secondary N) is 1. The summed E-state index contributed by atoms with van der Waals surface area (Å²) in [6.07, 6.45) is -4.63. The van der Waals surface area contributed by atoms with Crippen molar-refractivity contribution in [1.82, 2.24) is 4.90 Å². The number of nitrogens with zero attached hydrogens (tertiary/aromatic N) is 1. The van der Waals surface area contributed by atoms with Gasteiger partial charge >= 0.3 is 6.18 Å². The summed E-state index contributed by atoms with van der Waals surface area (Å²) in [6, 6.07) is 10.4. The van der Waals surface area contributed by atoms with Crippen LogP contribution in [0.4, 0.5) is 18.9 Å². The summed E-state index contributed by atoms with van der Waals surface area (Å²) < 4.78 is 39.2. The van der Waals surface area contributed by atoms with Crippen molar-refractivity contribution in [2.24, 2.45) is 0 Å². The highest BCUT2D eigenvalue weighted by atomic mass is 35.5. The van der Waals surface area contributed by atoms with Gasteiger partial charge in [0.05, 0.1) is 21.7 Å². The maximum Gasteiger partial charge on any atom is 0.417 e. The highest BCUT2D eigenvalue weighted by Gasteiger charge is 2.33. The van der Waals surface area contributed by atoms with Crippen LogP contribution in [0.25, 0.3) is 0 Å². The Bertz CT molecular complexity index is 933. The van der Waals surface area contributed by atoms with Gasteiger partial charge in [0.2, 0.25) is 5.91 Å². The molecule has 0 saturated carbocycles. The summed E-state index contributed by atoms with van der Waals surface area (Å²) in [7, 11) is 1.46. The molecule has 0 spiro atoms. The Kier molecular flexibility index (Phi) is 7.26. The lowest BCUT2D eigenvalue weighted by Crippen LogP contribution is -2.35. The molecule has 1 saturated heterocycles. The molecule has 30 heavy (non-hydrogen) atoms. The minimum Gasteiger partial charge on any atom is -0.332 e. The van der Waals surface area contributed by atoms with Crippen LogP contribution in [0.2, 0.25) is 5.02 Å². The summed E-state index contributed by atoms with van der Waals surface area (Å²) in [6.45, 7) is -0.307. The molecule has 0 atom stereocenters. The Morgan fingerprint density at radius 2 is 1.77 bits per heavy atom.